The summed E-state index contributed by atoms with van der Waals surface area (Å²) in [5.74, 6) is 0.0210. The largest absolute Gasteiger partial charge is 0.495 e. The van der Waals surface area contributed by atoms with E-state index in [1.807, 2.05) is 22.6 Å². The van der Waals surface area contributed by atoms with Gasteiger partial charge >= 0.3 is 5.69 Å². The highest BCUT2D eigenvalue weighted by atomic mass is 127. The van der Waals surface area contributed by atoms with Gasteiger partial charge in [0.05, 0.1) is 25.6 Å². The summed E-state index contributed by atoms with van der Waals surface area (Å²) in [7, 11) is 1.44. The van der Waals surface area contributed by atoms with E-state index in [0.29, 0.717) is 19.4 Å². The van der Waals surface area contributed by atoms with E-state index < -0.39 is 4.92 Å². The van der Waals surface area contributed by atoms with Crippen LogP contribution in [0.25, 0.3) is 0 Å². The third-order valence-corrected chi connectivity index (χ3v) is 4.81. The Morgan fingerprint density at radius 3 is 2.50 bits per heavy atom. The van der Waals surface area contributed by atoms with E-state index in [4.69, 9.17) is 4.74 Å². The number of amides is 1. The van der Waals surface area contributed by atoms with Gasteiger partial charge in [-0.2, -0.15) is 0 Å². The Bertz CT molecular complexity index is 533. The van der Waals surface area contributed by atoms with E-state index in [1.165, 1.54) is 14.0 Å². The summed E-state index contributed by atoms with van der Waals surface area (Å²) < 4.78 is 6.24. The summed E-state index contributed by atoms with van der Waals surface area (Å²) in [5, 5.41) is 13.6. The molecular weight excluding hydrogens is 419 g/mol. The molecule has 0 aliphatic heterocycles. The standard InChI is InChI=1S/C10H10BrIN2O4/c1-4-9(14(16)17)8(13-5(2)15)7(12)6(11)10(4)18-3/h1-3H3,(H,13,15). The number of hydrogen-bond acceptors (Lipinski definition) is 4. The number of benzene rings is 1. The van der Waals surface area contributed by atoms with Crippen LogP contribution in [0.4, 0.5) is 11.4 Å². The lowest BCUT2D eigenvalue weighted by atomic mass is 10.1. The number of nitrogens with one attached hydrogen (secondary N) is 1. The molecule has 1 aromatic carbocycles. The first-order valence-corrected chi connectivity index (χ1v) is 6.65. The number of rotatable bonds is 3. The summed E-state index contributed by atoms with van der Waals surface area (Å²) >= 11 is 5.23. The van der Waals surface area contributed by atoms with Gasteiger partial charge in [-0.1, -0.05) is 0 Å². The maximum Gasteiger partial charge on any atom is 0.300 e. The first kappa shape index (κ1) is 15.2. The average molecular weight is 429 g/mol. The molecule has 0 heterocycles. The van der Waals surface area contributed by atoms with E-state index in [2.05, 4.69) is 21.2 Å². The van der Waals surface area contributed by atoms with E-state index in [9.17, 15) is 14.9 Å². The molecule has 1 amide bonds. The fraction of sp³-hybridized carbons (Fsp3) is 0.300. The van der Waals surface area contributed by atoms with Crippen LogP contribution in [0.15, 0.2) is 4.47 Å². The molecule has 1 rings (SSSR count). The van der Waals surface area contributed by atoms with Gasteiger partial charge in [0.15, 0.2) is 0 Å². The number of nitro groups is 1. The maximum absolute atomic E-state index is 11.1. The molecule has 0 aliphatic rings. The first-order valence-electron chi connectivity index (χ1n) is 4.78. The number of ether oxygens (including phenoxy) is 1. The van der Waals surface area contributed by atoms with Gasteiger partial charge in [0.25, 0.3) is 0 Å². The number of methoxy groups -OCH3 is 1. The molecule has 0 fully saturated rings. The predicted octanol–water partition coefficient (Wildman–Crippen LogP) is 3.24. The second-order valence-electron chi connectivity index (χ2n) is 3.45. The van der Waals surface area contributed by atoms with E-state index in [-0.39, 0.29) is 17.3 Å². The molecule has 1 aromatic rings. The zero-order valence-corrected chi connectivity index (χ0v) is 13.6. The van der Waals surface area contributed by atoms with Crippen molar-refractivity contribution in [1.82, 2.24) is 0 Å². The van der Waals surface area contributed by atoms with Crippen LogP contribution in [-0.4, -0.2) is 17.9 Å². The molecule has 6 nitrogen and oxygen atoms in total. The highest BCUT2D eigenvalue weighted by Gasteiger charge is 2.28. The number of nitrogens with zero attached hydrogens (tertiary/aromatic N) is 1. The number of hydrogen-bond donors (Lipinski definition) is 1. The minimum absolute atomic E-state index is 0.158. The van der Waals surface area contributed by atoms with E-state index in [1.54, 1.807) is 6.92 Å². The van der Waals surface area contributed by atoms with Gasteiger partial charge in [0.1, 0.15) is 11.4 Å². The van der Waals surface area contributed by atoms with Crippen LogP contribution in [0, 0.1) is 20.6 Å². The lowest BCUT2D eigenvalue weighted by Crippen LogP contribution is -2.11. The fourth-order valence-electron chi connectivity index (χ4n) is 1.53. The van der Waals surface area contributed by atoms with Crippen molar-refractivity contribution >= 4 is 55.8 Å². The van der Waals surface area contributed by atoms with Crippen molar-refractivity contribution in [2.75, 3.05) is 12.4 Å². The summed E-state index contributed by atoms with van der Waals surface area (Å²) in [6.45, 7) is 2.87. The molecule has 0 radical (unpaired) electrons. The zero-order valence-electron chi connectivity index (χ0n) is 9.84. The molecule has 8 heteroatoms. The van der Waals surface area contributed by atoms with Gasteiger partial charge in [-0.05, 0) is 45.4 Å². The van der Waals surface area contributed by atoms with Crippen molar-refractivity contribution in [2.24, 2.45) is 0 Å². The van der Waals surface area contributed by atoms with Crippen molar-refractivity contribution < 1.29 is 14.5 Å². The van der Waals surface area contributed by atoms with Gasteiger partial charge < -0.3 is 10.1 Å². The molecule has 0 atom stereocenters. The molecule has 0 aromatic heterocycles. The van der Waals surface area contributed by atoms with Gasteiger partial charge in [-0.3, -0.25) is 14.9 Å². The van der Waals surface area contributed by atoms with E-state index in [0.717, 1.165) is 0 Å². The minimum atomic E-state index is -0.530. The molecule has 0 unspecified atom stereocenters. The van der Waals surface area contributed by atoms with Crippen molar-refractivity contribution in [2.45, 2.75) is 13.8 Å². The number of nitro benzene ring substituents is 1. The van der Waals surface area contributed by atoms with E-state index >= 15 is 0 Å². The van der Waals surface area contributed by atoms with Gasteiger partial charge in [-0.25, -0.2) is 0 Å². The number of carbonyl (C=O) groups is 1. The number of halogens is 2. The highest BCUT2D eigenvalue weighted by molar-refractivity contribution is 14.1. The number of carbonyl (C=O) groups excluding carboxylic acids is 1. The summed E-state index contributed by atoms with van der Waals surface area (Å²) in [6.07, 6.45) is 0. The molecule has 0 saturated heterocycles. The van der Waals surface area contributed by atoms with Crippen LogP contribution >= 0.6 is 38.5 Å². The Kier molecular flexibility index (Phi) is 4.91. The molecule has 18 heavy (non-hydrogen) atoms. The Balaban J connectivity index is 3.68. The summed E-state index contributed by atoms with van der Waals surface area (Å²) in [6, 6.07) is 0. The topological polar surface area (TPSA) is 81.5 Å². The minimum Gasteiger partial charge on any atom is -0.495 e. The molecular formula is C10H10BrIN2O4. The van der Waals surface area contributed by atoms with Gasteiger partial charge in [0, 0.05) is 6.92 Å². The van der Waals surface area contributed by atoms with Crippen molar-refractivity contribution in [3.63, 3.8) is 0 Å². The Hall–Kier alpha value is -0.900. The summed E-state index contributed by atoms with van der Waals surface area (Å²) in [5.41, 5.74) is 0.381. The molecule has 0 aliphatic carbocycles. The van der Waals surface area contributed by atoms with Crippen LogP contribution in [0.3, 0.4) is 0 Å². The smallest absolute Gasteiger partial charge is 0.300 e. The quantitative estimate of drug-likeness (QED) is 0.455. The third-order valence-electron chi connectivity index (χ3n) is 2.23. The Morgan fingerprint density at radius 1 is 1.56 bits per heavy atom. The SMILES string of the molecule is COc1c(C)c([N+](=O)[O-])c(NC(C)=O)c(I)c1Br. The van der Waals surface area contributed by atoms with Crippen LogP contribution < -0.4 is 10.1 Å². The fourth-order valence-corrected chi connectivity index (χ4v) is 2.83. The third kappa shape index (κ3) is 2.74. The number of anilines is 1. The second kappa shape index (κ2) is 5.83. The van der Waals surface area contributed by atoms with Crippen molar-refractivity contribution in [1.29, 1.82) is 0 Å². The van der Waals surface area contributed by atoms with Crippen LogP contribution in [0.2, 0.25) is 0 Å². The maximum atomic E-state index is 11.1. The lowest BCUT2D eigenvalue weighted by molar-refractivity contribution is -0.384. The van der Waals surface area contributed by atoms with Gasteiger partial charge in [0.2, 0.25) is 5.91 Å². The Labute approximate surface area is 125 Å². The molecule has 0 spiro atoms. The lowest BCUT2D eigenvalue weighted by Gasteiger charge is -2.14. The monoisotopic (exact) mass is 428 g/mol. The second-order valence-corrected chi connectivity index (χ2v) is 5.32. The van der Waals surface area contributed by atoms with Crippen LogP contribution in [0.5, 0.6) is 5.75 Å². The highest BCUT2D eigenvalue weighted by Crippen LogP contribution is 2.45. The predicted molar refractivity (Wildman–Crippen MR) is 79.1 cm³/mol. The van der Waals surface area contributed by atoms with Crippen molar-refractivity contribution in [3.05, 3.63) is 23.7 Å². The van der Waals surface area contributed by atoms with Crippen LogP contribution in [0.1, 0.15) is 12.5 Å². The Morgan fingerprint density at radius 2 is 2.11 bits per heavy atom. The first-order chi connectivity index (χ1) is 8.31. The molecule has 0 saturated carbocycles. The molecule has 0 bridgehead atoms. The molecule has 1 N–H and O–H groups in total. The summed E-state index contributed by atoms with van der Waals surface area (Å²) in [4.78, 5) is 21.7. The van der Waals surface area contributed by atoms with Crippen molar-refractivity contribution in [3.8, 4) is 5.75 Å². The normalized spacial score (nSPS) is 10.1. The zero-order chi connectivity index (χ0) is 14.0. The average Bonchev–Trinajstić information content (AvgIpc) is 2.25. The van der Waals surface area contributed by atoms with Gasteiger partial charge in [-0.15, -0.1) is 0 Å². The molecule has 98 valence electrons. The van der Waals surface area contributed by atoms with Crippen LogP contribution in [-0.2, 0) is 4.79 Å².